The van der Waals surface area contributed by atoms with Gasteiger partial charge in [0.05, 0.1) is 0 Å². The third-order valence-corrected chi connectivity index (χ3v) is 48.4. The Hall–Kier alpha value is -2.54. The summed E-state index contributed by atoms with van der Waals surface area (Å²) in [5, 5.41) is 3.24. The molecule has 2 atom stereocenters. The van der Waals surface area contributed by atoms with Gasteiger partial charge in [-0.2, -0.15) is 0 Å². The summed E-state index contributed by atoms with van der Waals surface area (Å²) in [6, 6.07) is 42.1. The molecule has 0 saturated carbocycles. The first-order valence-corrected chi connectivity index (χ1v) is 28.1. The van der Waals surface area contributed by atoms with Crippen LogP contribution >= 0.6 is 0 Å². The van der Waals surface area contributed by atoms with E-state index in [1.807, 2.05) is 0 Å². The summed E-state index contributed by atoms with van der Waals surface area (Å²) in [6.07, 6.45) is 7.38. The number of rotatable bonds is 7. The van der Waals surface area contributed by atoms with Gasteiger partial charge >= 0.3 is 232 Å². The SMILES string of the molecule is CCC1=Cc2ccccc2[CH]1[Zr]([CH3])([CH3])([CH]1C(CC)=Cc2ccccc21)[SiH](c1ccccc1)c1ccccc1. The van der Waals surface area contributed by atoms with E-state index in [-0.39, 0.29) is 0 Å². The number of benzene rings is 4. The first-order valence-electron chi connectivity index (χ1n) is 14.4. The molecule has 4 aromatic rings. The van der Waals surface area contributed by atoms with E-state index < -0.39 is 23.9 Å². The third kappa shape index (κ3) is 3.87. The van der Waals surface area contributed by atoms with Gasteiger partial charge in [0.2, 0.25) is 0 Å². The van der Waals surface area contributed by atoms with Gasteiger partial charge in [-0.1, -0.05) is 0 Å². The molecule has 38 heavy (non-hydrogen) atoms. The van der Waals surface area contributed by atoms with Gasteiger partial charge < -0.3 is 0 Å². The van der Waals surface area contributed by atoms with E-state index in [1.54, 1.807) is 32.6 Å². The van der Waals surface area contributed by atoms with Gasteiger partial charge in [-0.25, -0.2) is 0 Å². The van der Waals surface area contributed by atoms with E-state index in [9.17, 15) is 0 Å². The van der Waals surface area contributed by atoms with Crippen molar-refractivity contribution in [3.63, 3.8) is 0 Å². The quantitative estimate of drug-likeness (QED) is 0.190. The van der Waals surface area contributed by atoms with Crippen LogP contribution in [0.15, 0.2) is 120 Å². The van der Waals surface area contributed by atoms with Crippen molar-refractivity contribution in [3.05, 3.63) is 143 Å². The maximum absolute atomic E-state index is 4.02. The van der Waals surface area contributed by atoms with Crippen LogP contribution in [0.2, 0.25) is 9.26 Å². The average molecular weight is 591 g/mol. The molecule has 4 aromatic carbocycles. The molecule has 0 heterocycles. The fraction of sp³-hybridized carbons (Fsp3) is 0.222. The van der Waals surface area contributed by atoms with Crippen LogP contribution in [0.1, 0.15) is 56.2 Å². The first-order chi connectivity index (χ1) is 18.5. The Morgan fingerprint density at radius 2 is 0.895 bits per heavy atom. The van der Waals surface area contributed by atoms with Crippen LogP contribution in [-0.4, -0.2) is 5.92 Å². The molecule has 2 aliphatic carbocycles. The predicted molar refractivity (Wildman–Crippen MR) is 166 cm³/mol. The molecule has 0 bridgehead atoms. The van der Waals surface area contributed by atoms with Crippen molar-refractivity contribution >= 4 is 28.4 Å². The van der Waals surface area contributed by atoms with Crippen molar-refractivity contribution in [1.29, 1.82) is 0 Å². The average Bonchev–Trinajstić information content (AvgIpc) is 3.54. The second-order valence-corrected chi connectivity index (χ2v) is 45.8. The molecule has 0 amide bonds. The van der Waals surface area contributed by atoms with Crippen LogP contribution in [0.4, 0.5) is 0 Å². The van der Waals surface area contributed by atoms with Crippen LogP contribution < -0.4 is 10.4 Å². The van der Waals surface area contributed by atoms with Gasteiger partial charge in [0.1, 0.15) is 0 Å². The van der Waals surface area contributed by atoms with Crippen LogP contribution in [-0.2, 0) is 17.9 Å². The minimum absolute atomic E-state index is 0.542. The molecule has 0 aromatic heterocycles. The Labute approximate surface area is 230 Å². The molecule has 0 saturated heterocycles. The van der Waals surface area contributed by atoms with E-state index in [4.69, 9.17) is 0 Å². The Bertz CT molecular complexity index is 1420. The second-order valence-electron chi connectivity index (χ2n) is 12.3. The summed E-state index contributed by atoms with van der Waals surface area (Å²) < 4.78 is 6.87. The first kappa shape index (κ1) is 25.7. The van der Waals surface area contributed by atoms with Crippen molar-refractivity contribution in [1.82, 2.24) is 0 Å². The van der Waals surface area contributed by atoms with Crippen LogP contribution in [0, 0.1) is 0 Å². The molecule has 0 N–H and O–H groups in total. The number of hydrogen-bond donors (Lipinski definition) is 0. The van der Waals surface area contributed by atoms with E-state index in [0.29, 0.717) is 7.25 Å². The van der Waals surface area contributed by atoms with Gasteiger partial charge in [-0.15, -0.1) is 0 Å². The third-order valence-electron chi connectivity index (χ3n) is 9.85. The number of fused-ring (bicyclic) bond motifs is 2. The summed E-state index contributed by atoms with van der Waals surface area (Å²) in [5.41, 5.74) is 9.46. The predicted octanol–water partition coefficient (Wildman–Crippen LogP) is 8.41. The molecule has 0 radical (unpaired) electrons. The summed E-state index contributed by atoms with van der Waals surface area (Å²) in [6.45, 7) is 4.78. The van der Waals surface area contributed by atoms with Crippen LogP contribution in [0.5, 0.6) is 0 Å². The Morgan fingerprint density at radius 1 is 0.526 bits per heavy atom. The summed E-state index contributed by atoms with van der Waals surface area (Å²) in [5.74, 6) is -1.70. The van der Waals surface area contributed by atoms with Crippen molar-refractivity contribution in [2.45, 2.75) is 43.2 Å². The van der Waals surface area contributed by atoms with Gasteiger partial charge in [0, 0.05) is 0 Å². The Balaban J connectivity index is 1.75. The van der Waals surface area contributed by atoms with Gasteiger partial charge in [0.25, 0.3) is 0 Å². The molecule has 0 fully saturated rings. The van der Waals surface area contributed by atoms with Crippen molar-refractivity contribution in [2.75, 3.05) is 0 Å². The van der Waals surface area contributed by atoms with Crippen molar-refractivity contribution < 1.29 is 17.9 Å². The zero-order valence-corrected chi connectivity index (χ0v) is 26.8. The summed E-state index contributed by atoms with van der Waals surface area (Å²) >= 11 is -4.02. The Kier molecular flexibility index (Phi) is 6.69. The van der Waals surface area contributed by atoms with E-state index in [0.717, 1.165) is 12.8 Å². The second kappa shape index (κ2) is 9.89. The molecule has 6 rings (SSSR count). The van der Waals surface area contributed by atoms with Crippen molar-refractivity contribution in [2.24, 2.45) is 0 Å². The molecule has 191 valence electrons. The fourth-order valence-electron chi connectivity index (χ4n) is 8.57. The standard InChI is InChI=1S/C12H11Si.2C11H11.2CH3.Zr/c1-3-7-11(8-4-1)13-12-9-5-2-6-10-12;2*1-2-9-7-10-5-3-4-6-11(10)8-9;;;/h1-10,13H;2*3-8H,2H2,1H3;2*1H3;. The maximum atomic E-state index is 2.89. The van der Waals surface area contributed by atoms with E-state index in [2.05, 4.69) is 144 Å². The van der Waals surface area contributed by atoms with Crippen LogP contribution in [0.25, 0.3) is 12.2 Å². The Morgan fingerprint density at radius 3 is 1.29 bits per heavy atom. The van der Waals surface area contributed by atoms with Crippen LogP contribution in [0.3, 0.4) is 0 Å². The summed E-state index contributed by atoms with van der Waals surface area (Å²) in [7, 11) is 0. The zero-order valence-electron chi connectivity index (χ0n) is 23.2. The normalized spacial score (nSPS) is 19.3. The topological polar surface area (TPSA) is 0 Å². The minimum atomic E-state index is -4.02. The van der Waals surface area contributed by atoms with E-state index in [1.165, 1.54) is 11.1 Å². The van der Waals surface area contributed by atoms with Gasteiger partial charge in [-0.05, 0) is 0 Å². The zero-order chi connectivity index (χ0) is 26.4. The fourth-order valence-corrected chi connectivity index (χ4v) is 55.0. The molecule has 0 nitrogen and oxygen atoms in total. The number of allylic oxidation sites excluding steroid dienone is 2. The van der Waals surface area contributed by atoms with Gasteiger partial charge in [0.15, 0.2) is 0 Å². The molecular formula is C36H39SiZr. The monoisotopic (exact) mass is 589 g/mol. The van der Waals surface area contributed by atoms with Crippen molar-refractivity contribution in [3.8, 4) is 0 Å². The molecular weight excluding hydrogens is 552 g/mol. The summed E-state index contributed by atoms with van der Waals surface area (Å²) in [4.78, 5) is 0. The molecule has 2 unspecified atom stereocenters. The van der Waals surface area contributed by atoms with E-state index >= 15 is 0 Å². The molecule has 0 aliphatic heterocycles. The molecule has 2 heteroatoms. The number of hydrogen-bond acceptors (Lipinski definition) is 0. The molecule has 2 aliphatic rings. The van der Waals surface area contributed by atoms with Gasteiger partial charge in [-0.3, -0.25) is 0 Å². The molecule has 0 spiro atoms.